The first-order valence-electron chi connectivity index (χ1n) is 3.78. The third-order valence-corrected chi connectivity index (χ3v) is 2.14. The van der Waals surface area contributed by atoms with Gasteiger partial charge in [0.2, 0.25) is 0 Å². The van der Waals surface area contributed by atoms with Crippen LogP contribution in [-0.4, -0.2) is 6.54 Å². The van der Waals surface area contributed by atoms with Gasteiger partial charge in [0.25, 0.3) is 0 Å². The van der Waals surface area contributed by atoms with Gasteiger partial charge in [0.15, 0.2) is 0 Å². The van der Waals surface area contributed by atoms with E-state index >= 15 is 0 Å². The Morgan fingerprint density at radius 1 is 1.42 bits per heavy atom. The number of rotatable bonds is 3. The van der Waals surface area contributed by atoms with Gasteiger partial charge in [-0.15, -0.1) is 12.4 Å². The second-order valence-electron chi connectivity index (χ2n) is 2.41. The number of halogens is 2. The summed E-state index contributed by atoms with van der Waals surface area (Å²) in [6, 6.07) is 8.54. The molecule has 0 atom stereocenters. The van der Waals surface area contributed by atoms with Gasteiger partial charge in [0, 0.05) is 10.1 Å². The Kier molecular flexibility index (Phi) is 6.80. The lowest BCUT2D eigenvalue weighted by atomic mass is 10.2. The van der Waals surface area contributed by atoms with E-state index in [0.717, 1.165) is 13.1 Å². The van der Waals surface area contributed by atoms with Crippen molar-refractivity contribution < 1.29 is 0 Å². The van der Waals surface area contributed by atoms with Crippen LogP contribution in [0.25, 0.3) is 0 Å². The van der Waals surface area contributed by atoms with Gasteiger partial charge in [-0.1, -0.05) is 19.1 Å². The fourth-order valence-corrected chi connectivity index (χ4v) is 1.52. The Morgan fingerprint density at radius 2 is 2.17 bits per heavy atom. The highest BCUT2D eigenvalue weighted by Crippen LogP contribution is 2.06. The van der Waals surface area contributed by atoms with Crippen LogP contribution in [0, 0.1) is 3.57 Å². The van der Waals surface area contributed by atoms with Crippen LogP contribution < -0.4 is 5.32 Å². The maximum absolute atomic E-state index is 3.29. The molecule has 0 aliphatic carbocycles. The van der Waals surface area contributed by atoms with Crippen LogP contribution in [0.15, 0.2) is 24.3 Å². The van der Waals surface area contributed by atoms with Crippen LogP contribution in [0.1, 0.15) is 12.5 Å². The van der Waals surface area contributed by atoms with Gasteiger partial charge in [0.05, 0.1) is 0 Å². The minimum atomic E-state index is 0. The van der Waals surface area contributed by atoms with Gasteiger partial charge in [0.1, 0.15) is 0 Å². The summed E-state index contributed by atoms with van der Waals surface area (Å²) in [6.07, 6.45) is 0. The number of hydrogen-bond acceptors (Lipinski definition) is 1. The van der Waals surface area contributed by atoms with Crippen molar-refractivity contribution in [1.29, 1.82) is 0 Å². The Labute approximate surface area is 93.5 Å². The van der Waals surface area contributed by atoms with E-state index in [4.69, 9.17) is 0 Å². The molecule has 1 nitrogen and oxygen atoms in total. The average molecular weight is 298 g/mol. The van der Waals surface area contributed by atoms with E-state index < -0.39 is 0 Å². The van der Waals surface area contributed by atoms with Crippen molar-refractivity contribution >= 4 is 35.0 Å². The molecule has 0 spiro atoms. The SMILES string of the molecule is CCNCc1cccc(I)c1.Cl. The summed E-state index contributed by atoms with van der Waals surface area (Å²) in [7, 11) is 0. The van der Waals surface area contributed by atoms with E-state index in [1.54, 1.807) is 0 Å². The first-order valence-corrected chi connectivity index (χ1v) is 4.86. The van der Waals surface area contributed by atoms with Crippen LogP contribution in [0.4, 0.5) is 0 Å². The number of nitrogens with one attached hydrogen (secondary N) is 1. The fraction of sp³-hybridized carbons (Fsp3) is 0.333. The molecule has 0 heterocycles. The van der Waals surface area contributed by atoms with Gasteiger partial charge in [-0.05, 0) is 46.8 Å². The largest absolute Gasteiger partial charge is 0.313 e. The summed E-state index contributed by atoms with van der Waals surface area (Å²) in [6.45, 7) is 4.13. The molecule has 1 aromatic rings. The molecule has 0 amide bonds. The average Bonchev–Trinajstić information content (AvgIpc) is 2.01. The van der Waals surface area contributed by atoms with Crippen molar-refractivity contribution in [3.8, 4) is 0 Å². The first kappa shape index (κ1) is 12.2. The highest BCUT2D eigenvalue weighted by atomic mass is 127. The van der Waals surface area contributed by atoms with E-state index in [-0.39, 0.29) is 12.4 Å². The molecule has 0 aromatic heterocycles. The molecule has 3 heteroatoms. The molecule has 0 unspecified atom stereocenters. The molecule has 1 rings (SSSR count). The summed E-state index contributed by atoms with van der Waals surface area (Å²) in [5, 5.41) is 3.29. The van der Waals surface area contributed by atoms with E-state index in [9.17, 15) is 0 Å². The van der Waals surface area contributed by atoms with Crippen molar-refractivity contribution in [1.82, 2.24) is 5.32 Å². The lowest BCUT2D eigenvalue weighted by molar-refractivity contribution is 0.726. The van der Waals surface area contributed by atoms with Crippen molar-refractivity contribution in [2.75, 3.05) is 6.54 Å². The van der Waals surface area contributed by atoms with E-state index in [1.165, 1.54) is 9.13 Å². The van der Waals surface area contributed by atoms with Gasteiger partial charge in [-0.3, -0.25) is 0 Å². The summed E-state index contributed by atoms with van der Waals surface area (Å²) >= 11 is 2.33. The molecule has 0 radical (unpaired) electrons. The van der Waals surface area contributed by atoms with Gasteiger partial charge < -0.3 is 5.32 Å². The monoisotopic (exact) mass is 297 g/mol. The second kappa shape index (κ2) is 6.69. The van der Waals surface area contributed by atoms with Crippen molar-refractivity contribution in [2.45, 2.75) is 13.5 Å². The Balaban J connectivity index is 0.00000121. The predicted octanol–water partition coefficient (Wildman–Crippen LogP) is 2.82. The van der Waals surface area contributed by atoms with Gasteiger partial charge >= 0.3 is 0 Å². The van der Waals surface area contributed by atoms with Crippen molar-refractivity contribution in [3.63, 3.8) is 0 Å². The smallest absolute Gasteiger partial charge is 0.0205 e. The third kappa shape index (κ3) is 4.28. The minimum absolute atomic E-state index is 0. The summed E-state index contributed by atoms with van der Waals surface area (Å²) in [5.41, 5.74) is 1.36. The van der Waals surface area contributed by atoms with Crippen LogP contribution in [0.3, 0.4) is 0 Å². The molecule has 0 fully saturated rings. The quantitative estimate of drug-likeness (QED) is 0.846. The molecule has 0 aliphatic heterocycles. The highest BCUT2D eigenvalue weighted by Gasteiger charge is 1.90. The molecule has 0 aliphatic rings. The van der Waals surface area contributed by atoms with Crippen LogP contribution in [0.2, 0.25) is 0 Å². The van der Waals surface area contributed by atoms with E-state index in [2.05, 4.69) is 59.1 Å². The second-order valence-corrected chi connectivity index (χ2v) is 3.66. The first-order chi connectivity index (χ1) is 5.33. The maximum Gasteiger partial charge on any atom is 0.0205 e. The molecule has 0 saturated heterocycles. The van der Waals surface area contributed by atoms with Gasteiger partial charge in [-0.25, -0.2) is 0 Å². The minimum Gasteiger partial charge on any atom is -0.313 e. The van der Waals surface area contributed by atoms with Crippen molar-refractivity contribution in [3.05, 3.63) is 33.4 Å². The third-order valence-electron chi connectivity index (χ3n) is 1.47. The summed E-state index contributed by atoms with van der Waals surface area (Å²) < 4.78 is 1.30. The lowest BCUT2D eigenvalue weighted by Gasteiger charge is -2.01. The van der Waals surface area contributed by atoms with Crippen molar-refractivity contribution in [2.24, 2.45) is 0 Å². The molecular formula is C9H13ClIN. The summed E-state index contributed by atoms with van der Waals surface area (Å²) in [5.74, 6) is 0. The molecule has 0 saturated carbocycles. The fourth-order valence-electron chi connectivity index (χ4n) is 0.916. The van der Waals surface area contributed by atoms with Crippen LogP contribution in [0.5, 0.6) is 0 Å². The molecule has 1 N–H and O–H groups in total. The Bertz CT molecular complexity index is 228. The zero-order valence-corrected chi connectivity index (χ0v) is 9.98. The zero-order valence-electron chi connectivity index (χ0n) is 7.01. The topological polar surface area (TPSA) is 12.0 Å². The predicted molar refractivity (Wildman–Crippen MR) is 63.8 cm³/mol. The Hall–Kier alpha value is 0.200. The molecule has 1 aromatic carbocycles. The van der Waals surface area contributed by atoms with Crippen LogP contribution >= 0.6 is 35.0 Å². The standard InChI is InChI=1S/C9H12IN.ClH/c1-2-11-7-8-4-3-5-9(10)6-8;/h3-6,11H,2,7H2,1H3;1H. The molecular weight excluding hydrogens is 284 g/mol. The molecule has 68 valence electrons. The normalized spacial score (nSPS) is 9.17. The van der Waals surface area contributed by atoms with E-state index in [0.29, 0.717) is 0 Å². The highest BCUT2D eigenvalue weighted by molar-refractivity contribution is 14.1. The summed E-state index contributed by atoms with van der Waals surface area (Å²) in [4.78, 5) is 0. The van der Waals surface area contributed by atoms with E-state index in [1.807, 2.05) is 0 Å². The zero-order chi connectivity index (χ0) is 8.10. The van der Waals surface area contributed by atoms with Gasteiger partial charge in [-0.2, -0.15) is 0 Å². The number of benzene rings is 1. The van der Waals surface area contributed by atoms with Crippen LogP contribution in [-0.2, 0) is 6.54 Å². The number of hydrogen-bond donors (Lipinski definition) is 1. The maximum atomic E-state index is 3.29. The molecule has 0 bridgehead atoms. The lowest BCUT2D eigenvalue weighted by Crippen LogP contribution is -2.11. The molecule has 12 heavy (non-hydrogen) atoms. The Morgan fingerprint density at radius 3 is 2.75 bits per heavy atom.